The van der Waals surface area contributed by atoms with Gasteiger partial charge in [-0.1, -0.05) is 18.2 Å². The molecule has 1 unspecified atom stereocenters. The number of hydrogen-bond acceptors (Lipinski definition) is 1. The van der Waals surface area contributed by atoms with Gasteiger partial charge in [-0.15, -0.1) is 0 Å². The molecule has 0 N–H and O–H groups in total. The zero-order valence-corrected chi connectivity index (χ0v) is 13.1. The van der Waals surface area contributed by atoms with Crippen molar-refractivity contribution in [3.8, 4) is 5.75 Å². The molecule has 0 aliphatic heterocycles. The number of halogens is 7. The second-order valence-electron chi connectivity index (χ2n) is 5.65. The van der Waals surface area contributed by atoms with Gasteiger partial charge < -0.3 is 4.74 Å². The molecule has 1 aliphatic rings. The zero-order valence-electron chi connectivity index (χ0n) is 13.1. The molecule has 138 valence electrons. The highest BCUT2D eigenvalue weighted by atomic mass is 19.4. The Morgan fingerprint density at radius 2 is 1.76 bits per heavy atom. The number of rotatable bonds is 4. The monoisotopic (exact) mass is 368 g/mol. The molecule has 25 heavy (non-hydrogen) atoms. The van der Waals surface area contributed by atoms with E-state index in [4.69, 9.17) is 0 Å². The summed E-state index contributed by atoms with van der Waals surface area (Å²) in [4.78, 5) is 0. The molecule has 1 aromatic rings. The maximum absolute atomic E-state index is 14.1. The van der Waals surface area contributed by atoms with Crippen LogP contribution in [0.3, 0.4) is 0 Å². The van der Waals surface area contributed by atoms with Crippen molar-refractivity contribution >= 4 is 5.57 Å². The minimum absolute atomic E-state index is 0.167. The maximum Gasteiger partial charge on any atom is 0.499 e. The Bertz CT molecular complexity index is 689. The summed E-state index contributed by atoms with van der Waals surface area (Å²) in [5.74, 6) is -4.61. The van der Waals surface area contributed by atoms with Gasteiger partial charge in [0.05, 0.1) is 0 Å². The molecule has 1 aromatic carbocycles. The SMILES string of the molecule is CC=CC1CC=C(c2ccc(OC(F)(F)C(F)(F)F)c(F)c2F)CC1. The second-order valence-corrected chi connectivity index (χ2v) is 5.65. The first kappa shape index (κ1) is 19.3. The molecule has 0 spiro atoms. The molecule has 1 aliphatic carbocycles. The van der Waals surface area contributed by atoms with E-state index in [1.165, 1.54) is 0 Å². The standard InChI is InChI=1S/C17H15F7O/c1-2-3-10-4-6-11(7-5-10)12-8-9-13(15(19)14(12)18)25-17(23,24)16(20,21)22/h2-3,6,8-10H,4-5,7H2,1H3. The smallest absolute Gasteiger partial charge is 0.423 e. The van der Waals surface area contributed by atoms with Crippen molar-refractivity contribution in [3.63, 3.8) is 0 Å². The first-order chi connectivity index (χ1) is 11.6. The third-order valence-electron chi connectivity index (χ3n) is 3.88. The summed E-state index contributed by atoms with van der Waals surface area (Å²) in [6.07, 6.45) is -4.35. The van der Waals surface area contributed by atoms with Crippen molar-refractivity contribution in [2.24, 2.45) is 5.92 Å². The third kappa shape index (κ3) is 4.16. The van der Waals surface area contributed by atoms with Crippen molar-refractivity contribution < 1.29 is 35.5 Å². The van der Waals surface area contributed by atoms with E-state index in [0.717, 1.165) is 6.07 Å². The van der Waals surface area contributed by atoms with E-state index in [-0.39, 0.29) is 11.5 Å². The second kappa shape index (κ2) is 7.09. The third-order valence-corrected chi connectivity index (χ3v) is 3.88. The van der Waals surface area contributed by atoms with E-state index in [2.05, 4.69) is 4.74 Å². The number of allylic oxidation sites excluding steroid dienone is 4. The van der Waals surface area contributed by atoms with Gasteiger partial charge in [0.15, 0.2) is 11.6 Å². The van der Waals surface area contributed by atoms with Crippen LogP contribution in [0.1, 0.15) is 31.7 Å². The van der Waals surface area contributed by atoms with Crippen LogP contribution in [-0.2, 0) is 0 Å². The molecule has 0 aromatic heterocycles. The molecule has 0 bridgehead atoms. The quantitative estimate of drug-likeness (QED) is 0.450. The van der Waals surface area contributed by atoms with Crippen molar-refractivity contribution in [2.75, 3.05) is 0 Å². The summed E-state index contributed by atoms with van der Waals surface area (Å²) in [6, 6.07) is 1.52. The Balaban J connectivity index is 2.27. The number of ether oxygens (including phenoxy) is 1. The Kier molecular flexibility index (Phi) is 5.49. The highest BCUT2D eigenvalue weighted by Crippen LogP contribution is 2.40. The topological polar surface area (TPSA) is 9.23 Å². The highest BCUT2D eigenvalue weighted by Gasteiger charge is 2.61. The lowest BCUT2D eigenvalue weighted by Gasteiger charge is -2.22. The molecule has 0 amide bonds. The van der Waals surface area contributed by atoms with E-state index in [9.17, 15) is 30.7 Å². The van der Waals surface area contributed by atoms with E-state index >= 15 is 0 Å². The molecule has 0 heterocycles. The average Bonchev–Trinajstić information content (AvgIpc) is 2.52. The molecule has 0 radical (unpaired) electrons. The molecular formula is C17H15F7O. The fourth-order valence-corrected chi connectivity index (χ4v) is 2.60. The van der Waals surface area contributed by atoms with Crippen molar-refractivity contribution in [2.45, 2.75) is 38.5 Å². The molecule has 1 nitrogen and oxygen atoms in total. The largest absolute Gasteiger partial charge is 0.499 e. The van der Waals surface area contributed by atoms with Gasteiger partial charge in [-0.3, -0.25) is 0 Å². The summed E-state index contributed by atoms with van der Waals surface area (Å²) >= 11 is 0. The minimum Gasteiger partial charge on any atom is -0.423 e. The van der Waals surface area contributed by atoms with Gasteiger partial charge in [-0.25, -0.2) is 4.39 Å². The summed E-state index contributed by atoms with van der Waals surface area (Å²) < 4.78 is 93.4. The van der Waals surface area contributed by atoms with Gasteiger partial charge in [-0.2, -0.15) is 26.3 Å². The van der Waals surface area contributed by atoms with Crippen LogP contribution >= 0.6 is 0 Å². The van der Waals surface area contributed by atoms with Crippen LogP contribution in [0.5, 0.6) is 5.75 Å². The average molecular weight is 368 g/mol. The molecule has 0 fully saturated rings. The normalized spacial score (nSPS) is 19.2. The van der Waals surface area contributed by atoms with Crippen LogP contribution in [0, 0.1) is 17.6 Å². The summed E-state index contributed by atoms with van der Waals surface area (Å²) in [5, 5.41) is 0. The Morgan fingerprint density at radius 3 is 2.28 bits per heavy atom. The number of hydrogen-bond donors (Lipinski definition) is 0. The first-order valence-corrected chi connectivity index (χ1v) is 7.50. The van der Waals surface area contributed by atoms with Crippen LogP contribution in [0.4, 0.5) is 30.7 Å². The predicted molar refractivity (Wildman–Crippen MR) is 78.1 cm³/mol. The van der Waals surface area contributed by atoms with E-state index in [1.54, 1.807) is 6.08 Å². The molecule has 2 rings (SSSR count). The molecule has 0 saturated heterocycles. The van der Waals surface area contributed by atoms with Crippen molar-refractivity contribution in [1.29, 1.82) is 0 Å². The lowest BCUT2D eigenvalue weighted by Crippen LogP contribution is -2.42. The van der Waals surface area contributed by atoms with E-state index in [0.29, 0.717) is 30.9 Å². The van der Waals surface area contributed by atoms with Gasteiger partial charge in [0.1, 0.15) is 0 Å². The van der Waals surface area contributed by atoms with Crippen LogP contribution < -0.4 is 4.74 Å². The fourth-order valence-electron chi connectivity index (χ4n) is 2.60. The Hall–Kier alpha value is -1.99. The lowest BCUT2D eigenvalue weighted by molar-refractivity contribution is -0.361. The van der Waals surface area contributed by atoms with Gasteiger partial charge in [0, 0.05) is 5.56 Å². The van der Waals surface area contributed by atoms with Gasteiger partial charge in [0.25, 0.3) is 0 Å². The first-order valence-electron chi connectivity index (χ1n) is 7.50. The molecule has 0 saturated carbocycles. The van der Waals surface area contributed by atoms with Crippen LogP contribution in [-0.4, -0.2) is 12.3 Å². The highest BCUT2D eigenvalue weighted by molar-refractivity contribution is 5.67. The minimum atomic E-state index is -6.04. The summed E-state index contributed by atoms with van der Waals surface area (Å²) in [7, 11) is 0. The lowest BCUT2D eigenvalue weighted by atomic mass is 9.86. The maximum atomic E-state index is 14.1. The van der Waals surface area contributed by atoms with Gasteiger partial charge in [0.2, 0.25) is 5.82 Å². The van der Waals surface area contributed by atoms with Crippen molar-refractivity contribution in [3.05, 3.63) is 47.6 Å². The Labute approximate surface area is 139 Å². The van der Waals surface area contributed by atoms with Crippen LogP contribution in [0.15, 0.2) is 30.4 Å². The van der Waals surface area contributed by atoms with Crippen LogP contribution in [0.2, 0.25) is 0 Å². The predicted octanol–water partition coefficient (Wildman–Crippen LogP) is 6.26. The Morgan fingerprint density at radius 1 is 1.08 bits per heavy atom. The molecule has 8 heteroatoms. The number of benzene rings is 1. The number of alkyl halides is 5. The van der Waals surface area contributed by atoms with E-state index < -0.39 is 29.7 Å². The van der Waals surface area contributed by atoms with Crippen LogP contribution in [0.25, 0.3) is 5.57 Å². The van der Waals surface area contributed by atoms with Gasteiger partial charge >= 0.3 is 12.3 Å². The fraction of sp³-hybridized carbons (Fsp3) is 0.412. The van der Waals surface area contributed by atoms with Crippen molar-refractivity contribution in [1.82, 2.24) is 0 Å². The zero-order chi connectivity index (χ0) is 18.8. The van der Waals surface area contributed by atoms with E-state index in [1.807, 2.05) is 19.1 Å². The summed E-state index contributed by atoms with van der Waals surface area (Å²) in [5.41, 5.74) is 0.311. The van der Waals surface area contributed by atoms with Gasteiger partial charge in [-0.05, 0) is 49.8 Å². The molecular weight excluding hydrogens is 353 g/mol. The molecule has 1 atom stereocenters. The summed E-state index contributed by atoms with van der Waals surface area (Å²) in [6.45, 7) is 1.86.